The quantitative estimate of drug-likeness (QED) is 0.496. The van der Waals surface area contributed by atoms with E-state index in [1.165, 1.54) is 5.56 Å². The van der Waals surface area contributed by atoms with Crippen molar-refractivity contribution in [3.05, 3.63) is 24.3 Å². The van der Waals surface area contributed by atoms with E-state index in [0.717, 1.165) is 6.42 Å². The molecule has 1 aromatic rings. The van der Waals surface area contributed by atoms with E-state index >= 15 is 0 Å². The van der Waals surface area contributed by atoms with Gasteiger partial charge in [0.15, 0.2) is 0 Å². The number of aromatic nitrogens is 2. The van der Waals surface area contributed by atoms with Crippen molar-refractivity contribution in [1.82, 2.24) is 4.98 Å². The fourth-order valence-corrected chi connectivity index (χ4v) is 0.745. The Morgan fingerprint density at radius 2 is 2.44 bits per heavy atom. The summed E-state index contributed by atoms with van der Waals surface area (Å²) in [7, 11) is 1.98. The molecular formula is C7H11N2+. The van der Waals surface area contributed by atoms with E-state index < -0.39 is 0 Å². The first-order valence-corrected chi connectivity index (χ1v) is 3.12. The molecule has 0 spiro atoms. The molecule has 1 aromatic heterocycles. The Balaban J connectivity index is 2.94. The van der Waals surface area contributed by atoms with E-state index in [2.05, 4.69) is 18.1 Å². The Bertz CT molecular complexity index is 196. The van der Waals surface area contributed by atoms with Gasteiger partial charge in [-0.15, -0.1) is 0 Å². The van der Waals surface area contributed by atoms with Crippen LogP contribution < -0.4 is 4.57 Å². The minimum absolute atomic E-state index is 1.06. The highest BCUT2D eigenvalue weighted by atomic mass is 15.0. The normalized spacial score (nSPS) is 9.56. The van der Waals surface area contributed by atoms with Crippen molar-refractivity contribution in [2.75, 3.05) is 0 Å². The van der Waals surface area contributed by atoms with E-state index in [1.54, 1.807) is 6.33 Å². The van der Waals surface area contributed by atoms with Gasteiger partial charge in [-0.2, -0.15) is 0 Å². The monoisotopic (exact) mass is 123 g/mol. The third-order valence-electron chi connectivity index (χ3n) is 1.27. The molecule has 2 heteroatoms. The Kier molecular flexibility index (Phi) is 1.78. The van der Waals surface area contributed by atoms with Gasteiger partial charge >= 0.3 is 0 Å². The molecule has 0 radical (unpaired) electrons. The number of nitrogens with zero attached hydrogens (tertiary/aromatic N) is 2. The number of hydrogen-bond donors (Lipinski definition) is 0. The lowest BCUT2D eigenvalue weighted by molar-refractivity contribution is -0.675. The fraction of sp³-hybridized carbons (Fsp3) is 0.429. The van der Waals surface area contributed by atoms with Crippen LogP contribution in [0.5, 0.6) is 0 Å². The van der Waals surface area contributed by atoms with E-state index in [0.29, 0.717) is 0 Å². The van der Waals surface area contributed by atoms with Gasteiger partial charge in [0.1, 0.15) is 6.20 Å². The second-order valence-corrected chi connectivity index (χ2v) is 2.12. The average molecular weight is 123 g/mol. The summed E-state index contributed by atoms with van der Waals surface area (Å²) in [6, 6.07) is 0. The molecule has 0 aromatic carbocycles. The second-order valence-electron chi connectivity index (χ2n) is 2.12. The molecule has 0 bridgehead atoms. The lowest BCUT2D eigenvalue weighted by atomic mass is 10.3. The summed E-state index contributed by atoms with van der Waals surface area (Å²) in [5.74, 6) is 0. The Morgan fingerprint density at radius 1 is 1.67 bits per heavy atom. The second kappa shape index (κ2) is 2.58. The van der Waals surface area contributed by atoms with Gasteiger partial charge in [0.25, 0.3) is 6.33 Å². The highest BCUT2D eigenvalue weighted by molar-refractivity contribution is 4.97. The molecule has 0 fully saturated rings. The van der Waals surface area contributed by atoms with Crippen molar-refractivity contribution in [2.45, 2.75) is 13.3 Å². The molecule has 0 aliphatic heterocycles. The van der Waals surface area contributed by atoms with Crippen molar-refractivity contribution >= 4 is 0 Å². The summed E-state index contributed by atoms with van der Waals surface area (Å²) < 4.78 is 1.96. The van der Waals surface area contributed by atoms with Gasteiger partial charge < -0.3 is 0 Å². The Hall–Kier alpha value is -0.920. The largest absolute Gasteiger partial charge is 0.285 e. The predicted octanol–water partition coefficient (Wildman–Crippen LogP) is 0.469. The van der Waals surface area contributed by atoms with Gasteiger partial charge in [-0.3, -0.25) is 0 Å². The van der Waals surface area contributed by atoms with Gasteiger partial charge in [0, 0.05) is 5.56 Å². The average Bonchev–Trinajstić information content (AvgIpc) is 1.88. The molecule has 0 N–H and O–H groups in total. The van der Waals surface area contributed by atoms with Crippen LogP contribution in [0.2, 0.25) is 0 Å². The zero-order valence-corrected chi connectivity index (χ0v) is 5.83. The summed E-state index contributed by atoms with van der Waals surface area (Å²) >= 11 is 0. The lowest BCUT2D eigenvalue weighted by Gasteiger charge is -1.89. The van der Waals surface area contributed by atoms with Crippen LogP contribution in [0.25, 0.3) is 0 Å². The highest BCUT2D eigenvalue weighted by Crippen LogP contribution is 1.89. The van der Waals surface area contributed by atoms with Crippen molar-refractivity contribution in [3.8, 4) is 0 Å². The smallest absolute Gasteiger partial charge is 0.240 e. The van der Waals surface area contributed by atoms with E-state index in [9.17, 15) is 0 Å². The maximum absolute atomic E-state index is 4.02. The number of rotatable bonds is 1. The maximum atomic E-state index is 4.02. The lowest BCUT2D eigenvalue weighted by Crippen LogP contribution is -2.27. The van der Waals surface area contributed by atoms with Crippen molar-refractivity contribution in [3.63, 3.8) is 0 Å². The predicted molar refractivity (Wildman–Crippen MR) is 34.8 cm³/mol. The molecule has 0 amide bonds. The van der Waals surface area contributed by atoms with Crippen LogP contribution >= 0.6 is 0 Å². The van der Waals surface area contributed by atoms with Crippen LogP contribution in [0.4, 0.5) is 0 Å². The van der Waals surface area contributed by atoms with Crippen LogP contribution in [0, 0.1) is 0 Å². The summed E-state index contributed by atoms with van der Waals surface area (Å²) in [6.45, 7) is 2.12. The van der Waals surface area contributed by atoms with Crippen LogP contribution in [0.3, 0.4) is 0 Å². The minimum Gasteiger partial charge on any atom is -0.240 e. The molecule has 1 heterocycles. The fourth-order valence-electron chi connectivity index (χ4n) is 0.745. The Morgan fingerprint density at radius 3 is 2.89 bits per heavy atom. The van der Waals surface area contributed by atoms with Gasteiger partial charge in [-0.25, -0.2) is 4.57 Å². The third kappa shape index (κ3) is 1.49. The molecule has 9 heavy (non-hydrogen) atoms. The number of aryl methyl sites for hydroxylation is 2. The van der Waals surface area contributed by atoms with Crippen LogP contribution in [-0.4, -0.2) is 4.98 Å². The van der Waals surface area contributed by atoms with Crippen molar-refractivity contribution < 1.29 is 4.57 Å². The standard InChI is InChI=1S/C7H11N2/c1-3-7-4-8-6-9(2)5-7/h4-6H,3H2,1-2H3/q+1. The molecule has 48 valence electrons. The molecule has 0 saturated heterocycles. The molecule has 0 atom stereocenters. The highest BCUT2D eigenvalue weighted by Gasteiger charge is 1.93. The first-order valence-electron chi connectivity index (χ1n) is 3.12. The van der Waals surface area contributed by atoms with E-state index in [-0.39, 0.29) is 0 Å². The summed E-state index contributed by atoms with van der Waals surface area (Å²) in [5, 5.41) is 0. The third-order valence-corrected chi connectivity index (χ3v) is 1.27. The van der Waals surface area contributed by atoms with Gasteiger partial charge in [0.05, 0.1) is 13.2 Å². The molecule has 0 aliphatic carbocycles. The Labute approximate surface area is 55.2 Å². The molecule has 1 rings (SSSR count). The first-order chi connectivity index (χ1) is 4.33. The van der Waals surface area contributed by atoms with Crippen molar-refractivity contribution in [1.29, 1.82) is 0 Å². The van der Waals surface area contributed by atoms with Gasteiger partial charge in [-0.1, -0.05) is 11.9 Å². The summed E-state index contributed by atoms with van der Waals surface area (Å²) in [4.78, 5) is 4.02. The summed E-state index contributed by atoms with van der Waals surface area (Å²) in [6.07, 6.45) is 6.81. The van der Waals surface area contributed by atoms with E-state index in [1.807, 2.05) is 17.8 Å². The van der Waals surface area contributed by atoms with Crippen LogP contribution in [-0.2, 0) is 13.5 Å². The first kappa shape index (κ1) is 6.20. The van der Waals surface area contributed by atoms with Gasteiger partial charge in [0.2, 0.25) is 0 Å². The zero-order valence-electron chi connectivity index (χ0n) is 5.83. The maximum Gasteiger partial charge on any atom is 0.285 e. The molecule has 2 nitrogen and oxygen atoms in total. The molecule has 0 unspecified atom stereocenters. The molecular weight excluding hydrogens is 112 g/mol. The van der Waals surface area contributed by atoms with Crippen LogP contribution in [0.15, 0.2) is 18.7 Å². The van der Waals surface area contributed by atoms with Crippen LogP contribution in [0.1, 0.15) is 12.5 Å². The van der Waals surface area contributed by atoms with Crippen molar-refractivity contribution in [2.24, 2.45) is 7.05 Å². The molecule has 0 aliphatic rings. The van der Waals surface area contributed by atoms with Gasteiger partial charge in [-0.05, 0) is 6.42 Å². The SMILES string of the molecule is CCc1cnc[n+](C)c1. The minimum atomic E-state index is 1.06. The molecule has 0 saturated carbocycles. The topological polar surface area (TPSA) is 16.8 Å². The summed E-state index contributed by atoms with van der Waals surface area (Å²) in [5.41, 5.74) is 1.28. The number of hydrogen-bond acceptors (Lipinski definition) is 1. The van der Waals surface area contributed by atoms with E-state index in [4.69, 9.17) is 0 Å². The zero-order chi connectivity index (χ0) is 6.69.